The van der Waals surface area contributed by atoms with Crippen molar-refractivity contribution >= 4 is 55.1 Å². The number of rotatable bonds is 3. The predicted molar refractivity (Wildman–Crippen MR) is 146 cm³/mol. The lowest BCUT2D eigenvalue weighted by atomic mass is 9.76. The molecule has 1 amide bonds. The lowest BCUT2D eigenvalue weighted by Crippen LogP contribution is -2.43. The quantitative estimate of drug-likeness (QED) is 0.349. The number of pyridine rings is 1. The molecule has 2 aliphatic carbocycles. The van der Waals surface area contributed by atoms with Crippen LogP contribution in [0.15, 0.2) is 38.5 Å². The Morgan fingerprint density at radius 3 is 2.49 bits per heavy atom. The molecule has 5 nitrogen and oxygen atoms in total. The van der Waals surface area contributed by atoms with E-state index in [1.807, 2.05) is 12.3 Å². The molecule has 0 bridgehead atoms. The van der Waals surface area contributed by atoms with Crippen LogP contribution in [0.25, 0.3) is 0 Å². The van der Waals surface area contributed by atoms with Crippen molar-refractivity contribution in [3.8, 4) is 0 Å². The zero-order valence-electron chi connectivity index (χ0n) is 19.9. The molecular formula is C27H30Br2ClN3O2. The van der Waals surface area contributed by atoms with Gasteiger partial charge in [-0.25, -0.2) is 0 Å². The van der Waals surface area contributed by atoms with Crippen molar-refractivity contribution in [2.24, 2.45) is 17.0 Å². The van der Waals surface area contributed by atoms with E-state index < -0.39 is 0 Å². The maximum Gasteiger partial charge on any atom is 0.225 e. The smallest absolute Gasteiger partial charge is 0.225 e. The van der Waals surface area contributed by atoms with Crippen LogP contribution < -0.4 is 0 Å². The van der Waals surface area contributed by atoms with E-state index in [1.54, 1.807) is 7.11 Å². The Balaban J connectivity index is 1.36. The van der Waals surface area contributed by atoms with Gasteiger partial charge in [-0.3, -0.25) is 9.78 Å². The highest BCUT2D eigenvalue weighted by molar-refractivity contribution is 9.10. The lowest BCUT2D eigenvalue weighted by molar-refractivity contribution is -0.137. The molecular weight excluding hydrogens is 594 g/mol. The molecule has 2 fully saturated rings. The van der Waals surface area contributed by atoms with E-state index in [0.29, 0.717) is 11.8 Å². The van der Waals surface area contributed by atoms with E-state index in [4.69, 9.17) is 21.4 Å². The molecule has 0 spiro atoms. The number of piperidine rings is 1. The number of amides is 1. The molecule has 1 aromatic heterocycles. The summed E-state index contributed by atoms with van der Waals surface area (Å²) < 4.78 is 2.08. The fourth-order valence-electron chi connectivity index (χ4n) is 6.16. The van der Waals surface area contributed by atoms with Crippen LogP contribution in [-0.4, -0.2) is 41.7 Å². The van der Waals surface area contributed by atoms with Gasteiger partial charge in [0.2, 0.25) is 5.91 Å². The van der Waals surface area contributed by atoms with Crippen LogP contribution in [0.3, 0.4) is 0 Å². The van der Waals surface area contributed by atoms with Crippen molar-refractivity contribution in [1.29, 1.82) is 0 Å². The second-order valence-corrected chi connectivity index (χ2v) is 12.1. The Bertz CT molecular complexity index is 1140. The highest BCUT2D eigenvalue weighted by Gasteiger charge is 2.37. The highest BCUT2D eigenvalue weighted by atomic mass is 79.9. The maximum atomic E-state index is 13.3. The summed E-state index contributed by atoms with van der Waals surface area (Å²) in [6, 6.07) is 6.36. The molecule has 1 atom stereocenters. The first-order valence-electron chi connectivity index (χ1n) is 12.4. The van der Waals surface area contributed by atoms with E-state index in [1.165, 1.54) is 22.4 Å². The Kier molecular flexibility index (Phi) is 7.85. The van der Waals surface area contributed by atoms with Gasteiger partial charge in [0.1, 0.15) is 7.11 Å². The second kappa shape index (κ2) is 10.9. The van der Waals surface area contributed by atoms with Gasteiger partial charge in [0.15, 0.2) is 0 Å². The molecule has 3 aliphatic rings. The number of carbonyl (C=O) groups is 1. The summed E-state index contributed by atoms with van der Waals surface area (Å²) in [6.45, 7) is 1.61. The summed E-state index contributed by atoms with van der Waals surface area (Å²) in [4.78, 5) is 25.3. The van der Waals surface area contributed by atoms with Crippen LogP contribution in [0, 0.1) is 11.8 Å². The summed E-state index contributed by atoms with van der Waals surface area (Å²) in [5, 5.41) is 4.85. The number of hydrogen-bond acceptors (Lipinski definition) is 4. The minimum Gasteiger partial charge on any atom is -0.399 e. The van der Waals surface area contributed by atoms with E-state index in [9.17, 15) is 4.79 Å². The van der Waals surface area contributed by atoms with Gasteiger partial charge in [-0.05, 0) is 108 Å². The Morgan fingerprint density at radius 2 is 1.77 bits per heavy atom. The number of carbonyl (C=O) groups excluding carboxylic acids is 1. The summed E-state index contributed by atoms with van der Waals surface area (Å²) in [7, 11) is 1.58. The van der Waals surface area contributed by atoms with E-state index in [2.05, 4.69) is 54.0 Å². The molecule has 0 radical (unpaired) electrons. The fraction of sp³-hybridized carbons (Fsp3) is 0.519. The Hall–Kier alpha value is -1.44. The van der Waals surface area contributed by atoms with E-state index in [0.717, 1.165) is 84.1 Å². The van der Waals surface area contributed by atoms with Crippen molar-refractivity contribution in [3.05, 3.63) is 60.7 Å². The predicted octanol–water partition coefficient (Wildman–Crippen LogP) is 6.92. The number of halogens is 3. The molecule has 5 rings (SSSR count). The molecule has 0 N–H and O–H groups in total. The number of aryl methyl sites for hydroxylation is 2. The number of aromatic nitrogens is 1. The van der Waals surface area contributed by atoms with Gasteiger partial charge >= 0.3 is 0 Å². The van der Waals surface area contributed by atoms with Crippen molar-refractivity contribution in [3.63, 3.8) is 0 Å². The van der Waals surface area contributed by atoms with E-state index in [-0.39, 0.29) is 11.8 Å². The van der Waals surface area contributed by atoms with Gasteiger partial charge in [-0.15, -0.1) is 0 Å². The van der Waals surface area contributed by atoms with Gasteiger partial charge < -0.3 is 9.74 Å². The molecule has 2 heterocycles. The third-order valence-electron chi connectivity index (χ3n) is 7.87. The maximum absolute atomic E-state index is 13.3. The molecule has 1 aromatic carbocycles. The monoisotopic (exact) mass is 621 g/mol. The standard InChI is InChI=1S/C27H30Br2ClN3O2/c1-35-32-22-6-4-17(5-7-22)27(34)33-10-8-16(9-11-33)25-24-18(13-21(30)14-23(24)29)2-3-19-12-20(28)15-31-26(19)25/h12-17,25H,2-11H2,1H3. The average molecular weight is 624 g/mol. The molecule has 35 heavy (non-hydrogen) atoms. The van der Waals surface area contributed by atoms with Crippen molar-refractivity contribution in [2.75, 3.05) is 20.2 Å². The molecule has 2 aromatic rings. The Labute approximate surface area is 228 Å². The van der Waals surface area contributed by atoms with Crippen LogP contribution in [0.1, 0.15) is 66.8 Å². The minimum absolute atomic E-state index is 0.108. The zero-order valence-corrected chi connectivity index (χ0v) is 23.8. The summed E-state index contributed by atoms with van der Waals surface area (Å²) >= 11 is 13.9. The van der Waals surface area contributed by atoms with Gasteiger partial charge in [0, 0.05) is 45.1 Å². The third kappa shape index (κ3) is 5.33. The lowest BCUT2D eigenvalue weighted by Gasteiger charge is -2.38. The van der Waals surface area contributed by atoms with Crippen LogP contribution in [0.5, 0.6) is 0 Å². The summed E-state index contributed by atoms with van der Waals surface area (Å²) in [6.07, 6.45) is 9.23. The number of oxime groups is 1. The summed E-state index contributed by atoms with van der Waals surface area (Å²) in [5.41, 5.74) is 6.18. The number of fused-ring (bicyclic) bond motifs is 2. The van der Waals surface area contributed by atoms with E-state index >= 15 is 0 Å². The van der Waals surface area contributed by atoms with Crippen molar-refractivity contribution < 1.29 is 9.63 Å². The van der Waals surface area contributed by atoms with Crippen LogP contribution in [0.2, 0.25) is 5.02 Å². The molecule has 1 saturated carbocycles. The molecule has 8 heteroatoms. The number of nitrogens with zero attached hydrogens (tertiary/aromatic N) is 3. The summed E-state index contributed by atoms with van der Waals surface area (Å²) in [5.74, 6) is 1.04. The first kappa shape index (κ1) is 25.2. The number of benzene rings is 1. The third-order valence-corrected chi connectivity index (χ3v) is 9.18. The number of hydrogen-bond donors (Lipinski definition) is 0. The van der Waals surface area contributed by atoms with Crippen molar-refractivity contribution in [2.45, 2.75) is 57.3 Å². The first-order valence-corrected chi connectivity index (χ1v) is 14.4. The first-order chi connectivity index (χ1) is 16.9. The van der Waals surface area contributed by atoms with Crippen LogP contribution in [0.4, 0.5) is 0 Å². The largest absolute Gasteiger partial charge is 0.399 e. The number of likely N-dealkylation sites (tertiary alicyclic amines) is 1. The average Bonchev–Trinajstić information content (AvgIpc) is 3.01. The zero-order chi connectivity index (χ0) is 24.5. The van der Waals surface area contributed by atoms with Gasteiger partial charge in [0.25, 0.3) is 0 Å². The fourth-order valence-corrected chi connectivity index (χ4v) is 7.66. The highest BCUT2D eigenvalue weighted by Crippen LogP contribution is 2.46. The second-order valence-electron chi connectivity index (χ2n) is 9.91. The SMILES string of the molecule is CON=C1CCC(C(=O)N2CCC(C3c4ncc(Br)cc4CCc4cc(Cl)cc(Br)c43)CC2)CC1. The molecule has 1 aliphatic heterocycles. The molecule has 186 valence electrons. The molecule has 1 unspecified atom stereocenters. The van der Waals surface area contributed by atoms with Crippen molar-refractivity contribution in [1.82, 2.24) is 9.88 Å². The Morgan fingerprint density at radius 1 is 1.06 bits per heavy atom. The van der Waals surface area contributed by atoms with Gasteiger partial charge in [-0.2, -0.15) is 0 Å². The van der Waals surface area contributed by atoms with Gasteiger partial charge in [0.05, 0.1) is 11.4 Å². The van der Waals surface area contributed by atoms with Crippen LogP contribution >= 0.6 is 43.5 Å². The van der Waals surface area contributed by atoms with Gasteiger partial charge in [-0.1, -0.05) is 32.7 Å². The topological polar surface area (TPSA) is 54.8 Å². The minimum atomic E-state index is 0.108. The van der Waals surface area contributed by atoms with Crippen LogP contribution in [-0.2, 0) is 22.5 Å². The molecule has 1 saturated heterocycles. The normalized spacial score (nSPS) is 22.7.